The molecule has 5 heterocycles. The van der Waals surface area contributed by atoms with Gasteiger partial charge in [0.15, 0.2) is 17.2 Å². The summed E-state index contributed by atoms with van der Waals surface area (Å²) in [7, 11) is 0. The molecule has 0 fully saturated rings. The standard InChI is InChI=1S/C20H16FN5O3/c1-10-14(8-29-25-10)12-4-17-20(26-9-23-24-19(12)26)22-5-13-15(21)2-3-16-18(13)11(6-27-16)7-28-17/h2-4,8-9,11,22H,5-7H2,1H3/t11-/m1/s1. The molecular formula is C20H16FN5O3. The van der Waals surface area contributed by atoms with Gasteiger partial charge in [-0.05, 0) is 25.1 Å². The number of fused-ring (bicyclic) bond motifs is 3. The number of nitrogens with zero attached hydrogens (tertiary/aromatic N) is 4. The highest BCUT2D eigenvalue weighted by Gasteiger charge is 2.31. The van der Waals surface area contributed by atoms with Crippen molar-refractivity contribution in [3.63, 3.8) is 0 Å². The maximum atomic E-state index is 14.6. The zero-order chi connectivity index (χ0) is 19.5. The van der Waals surface area contributed by atoms with Crippen LogP contribution in [0.3, 0.4) is 0 Å². The molecule has 8 nitrogen and oxygen atoms in total. The van der Waals surface area contributed by atoms with Crippen LogP contribution in [0, 0.1) is 12.7 Å². The first-order valence-corrected chi connectivity index (χ1v) is 9.29. The predicted octanol–water partition coefficient (Wildman–Crippen LogP) is 3.31. The predicted molar refractivity (Wildman–Crippen MR) is 101 cm³/mol. The number of pyridine rings is 1. The number of aryl methyl sites for hydroxylation is 1. The van der Waals surface area contributed by atoms with Crippen LogP contribution in [0.4, 0.5) is 10.2 Å². The minimum Gasteiger partial charge on any atom is -0.493 e. The molecule has 1 N–H and O–H groups in total. The summed E-state index contributed by atoms with van der Waals surface area (Å²) in [6.45, 7) is 2.99. The Kier molecular flexibility index (Phi) is 3.35. The summed E-state index contributed by atoms with van der Waals surface area (Å²) in [5.41, 5.74) is 4.46. The van der Waals surface area contributed by atoms with Gasteiger partial charge in [0.25, 0.3) is 0 Å². The molecule has 0 aliphatic carbocycles. The van der Waals surface area contributed by atoms with Crippen molar-refractivity contribution in [1.29, 1.82) is 0 Å². The Bertz CT molecular complexity index is 1260. The van der Waals surface area contributed by atoms with E-state index in [1.807, 2.05) is 13.0 Å². The van der Waals surface area contributed by atoms with Crippen LogP contribution < -0.4 is 14.8 Å². The topological polar surface area (TPSA) is 86.7 Å². The van der Waals surface area contributed by atoms with E-state index in [0.29, 0.717) is 42.5 Å². The number of rotatable bonds is 1. The van der Waals surface area contributed by atoms with Gasteiger partial charge in [0.05, 0.1) is 24.8 Å². The third-order valence-corrected chi connectivity index (χ3v) is 5.56. The molecule has 29 heavy (non-hydrogen) atoms. The van der Waals surface area contributed by atoms with Gasteiger partial charge in [0.1, 0.15) is 24.2 Å². The van der Waals surface area contributed by atoms with Crippen LogP contribution in [0.5, 0.6) is 11.5 Å². The van der Waals surface area contributed by atoms with Gasteiger partial charge in [-0.15, -0.1) is 10.2 Å². The fraction of sp³-hybridized carbons (Fsp3) is 0.250. The largest absolute Gasteiger partial charge is 0.493 e. The highest BCUT2D eigenvalue weighted by atomic mass is 19.1. The van der Waals surface area contributed by atoms with Crippen molar-refractivity contribution in [3.8, 4) is 22.6 Å². The molecule has 3 aromatic heterocycles. The summed E-state index contributed by atoms with van der Waals surface area (Å²) in [5, 5.41) is 15.6. The van der Waals surface area contributed by atoms with Crippen LogP contribution in [-0.2, 0) is 6.54 Å². The fourth-order valence-corrected chi connectivity index (χ4v) is 4.13. The molecule has 2 aliphatic rings. The number of hydrogen-bond acceptors (Lipinski definition) is 7. The second kappa shape index (κ2) is 5.94. The SMILES string of the molecule is Cc1nocc1-c1cc2c(n3cnnc13)NCc1c(F)ccc3c1[C@H](CO3)CO2. The quantitative estimate of drug-likeness (QED) is 0.531. The van der Waals surface area contributed by atoms with Crippen molar-refractivity contribution >= 4 is 11.5 Å². The summed E-state index contributed by atoms with van der Waals surface area (Å²) in [4.78, 5) is 0. The fourth-order valence-electron chi connectivity index (χ4n) is 4.13. The molecule has 0 bridgehead atoms. The van der Waals surface area contributed by atoms with Gasteiger partial charge in [0.2, 0.25) is 0 Å². The Labute approximate surface area is 164 Å². The number of hydrogen-bond donors (Lipinski definition) is 1. The van der Waals surface area contributed by atoms with Gasteiger partial charge in [-0.2, -0.15) is 0 Å². The highest BCUT2D eigenvalue weighted by molar-refractivity contribution is 5.82. The first kappa shape index (κ1) is 16.3. The van der Waals surface area contributed by atoms with E-state index >= 15 is 0 Å². The summed E-state index contributed by atoms with van der Waals surface area (Å²) >= 11 is 0. The lowest BCUT2D eigenvalue weighted by atomic mass is 9.96. The van der Waals surface area contributed by atoms with Crippen LogP contribution in [-0.4, -0.2) is 33.0 Å². The van der Waals surface area contributed by atoms with Crippen molar-refractivity contribution in [2.75, 3.05) is 18.5 Å². The van der Waals surface area contributed by atoms with Crippen LogP contribution in [0.2, 0.25) is 0 Å². The Morgan fingerprint density at radius 2 is 2.03 bits per heavy atom. The lowest BCUT2D eigenvalue weighted by molar-refractivity contribution is 0.249. The number of anilines is 1. The molecule has 1 aromatic carbocycles. The lowest BCUT2D eigenvalue weighted by Crippen LogP contribution is -2.13. The van der Waals surface area contributed by atoms with Crippen molar-refractivity contribution < 1.29 is 18.4 Å². The molecule has 0 saturated heterocycles. The molecule has 0 saturated carbocycles. The van der Waals surface area contributed by atoms with Crippen molar-refractivity contribution in [3.05, 3.63) is 53.4 Å². The van der Waals surface area contributed by atoms with Crippen LogP contribution in [0.15, 0.2) is 35.3 Å². The minimum atomic E-state index is -0.257. The number of benzene rings is 1. The van der Waals surface area contributed by atoms with Gasteiger partial charge in [-0.25, -0.2) is 4.39 Å². The first-order valence-electron chi connectivity index (χ1n) is 9.29. The van der Waals surface area contributed by atoms with E-state index in [1.165, 1.54) is 6.07 Å². The zero-order valence-electron chi connectivity index (χ0n) is 15.5. The highest BCUT2D eigenvalue weighted by Crippen LogP contribution is 2.42. The van der Waals surface area contributed by atoms with E-state index in [-0.39, 0.29) is 11.7 Å². The smallest absolute Gasteiger partial charge is 0.170 e. The summed E-state index contributed by atoms with van der Waals surface area (Å²) in [5.74, 6) is 1.71. The molecule has 0 amide bonds. The monoisotopic (exact) mass is 393 g/mol. The molecule has 4 aromatic rings. The van der Waals surface area contributed by atoms with Gasteiger partial charge < -0.3 is 19.3 Å². The van der Waals surface area contributed by atoms with Crippen LogP contribution in [0.25, 0.3) is 16.8 Å². The maximum Gasteiger partial charge on any atom is 0.170 e. The molecule has 6 rings (SSSR count). The summed E-state index contributed by atoms with van der Waals surface area (Å²) < 4.78 is 33.5. The van der Waals surface area contributed by atoms with Crippen molar-refractivity contribution in [2.45, 2.75) is 19.4 Å². The third kappa shape index (κ3) is 2.33. The van der Waals surface area contributed by atoms with Gasteiger partial charge in [0, 0.05) is 28.8 Å². The molecular weight excluding hydrogens is 377 g/mol. The molecule has 146 valence electrons. The molecule has 0 spiro atoms. The maximum absolute atomic E-state index is 14.6. The second-order valence-electron chi connectivity index (χ2n) is 7.22. The summed E-state index contributed by atoms with van der Waals surface area (Å²) in [6.07, 6.45) is 3.19. The Balaban J connectivity index is 1.54. The van der Waals surface area contributed by atoms with Crippen molar-refractivity contribution in [1.82, 2.24) is 19.8 Å². The van der Waals surface area contributed by atoms with Crippen molar-refractivity contribution in [2.24, 2.45) is 0 Å². The van der Waals surface area contributed by atoms with E-state index in [2.05, 4.69) is 20.7 Å². The Hall–Kier alpha value is -3.62. The minimum absolute atomic E-state index is 0.0409. The molecule has 1 atom stereocenters. The Morgan fingerprint density at radius 3 is 2.86 bits per heavy atom. The molecule has 0 radical (unpaired) electrons. The van der Waals surface area contributed by atoms with E-state index < -0.39 is 0 Å². The number of halogens is 1. The van der Waals surface area contributed by atoms with Gasteiger partial charge >= 0.3 is 0 Å². The number of nitrogens with one attached hydrogen (secondary N) is 1. The first-order chi connectivity index (χ1) is 14.2. The average molecular weight is 393 g/mol. The third-order valence-electron chi connectivity index (χ3n) is 5.56. The van der Waals surface area contributed by atoms with E-state index in [0.717, 1.165) is 28.1 Å². The van der Waals surface area contributed by atoms with Gasteiger partial charge in [-0.1, -0.05) is 5.16 Å². The molecule has 2 aliphatic heterocycles. The van der Waals surface area contributed by atoms with E-state index in [1.54, 1.807) is 23.1 Å². The number of ether oxygens (including phenoxy) is 2. The number of aromatic nitrogens is 4. The van der Waals surface area contributed by atoms with Crippen LogP contribution >= 0.6 is 0 Å². The summed E-state index contributed by atoms with van der Waals surface area (Å²) in [6, 6.07) is 5.03. The zero-order valence-corrected chi connectivity index (χ0v) is 15.5. The molecule has 9 heteroatoms. The lowest BCUT2D eigenvalue weighted by Gasteiger charge is -2.16. The van der Waals surface area contributed by atoms with Crippen LogP contribution in [0.1, 0.15) is 22.7 Å². The normalized spacial score (nSPS) is 17.4. The Morgan fingerprint density at radius 1 is 1.17 bits per heavy atom. The molecule has 0 unspecified atom stereocenters. The van der Waals surface area contributed by atoms with E-state index in [9.17, 15) is 4.39 Å². The second-order valence-corrected chi connectivity index (χ2v) is 7.22. The van der Waals surface area contributed by atoms with Gasteiger partial charge in [-0.3, -0.25) is 4.40 Å². The average Bonchev–Trinajstić information content (AvgIpc) is 3.45. The van der Waals surface area contributed by atoms with E-state index in [4.69, 9.17) is 14.0 Å².